The summed E-state index contributed by atoms with van der Waals surface area (Å²) in [7, 11) is 0. The number of aromatic nitrogens is 3. The Balaban J connectivity index is 1.75. The van der Waals surface area contributed by atoms with Crippen molar-refractivity contribution >= 4 is 5.91 Å². The lowest BCUT2D eigenvalue weighted by molar-refractivity contribution is -0.274. The Bertz CT molecular complexity index is 1200. The minimum absolute atomic E-state index is 0.0544. The fraction of sp³-hybridized carbons (Fsp3) is 0.238. The molecule has 0 aliphatic carbocycles. The maximum atomic E-state index is 13.0. The molecule has 2 aromatic heterocycles. The molecule has 3 heterocycles. The average molecular weight is 462 g/mol. The molecule has 0 bridgehead atoms. The Kier molecular flexibility index (Phi) is 6.11. The number of pyridine rings is 1. The number of ether oxygens (including phenoxy) is 2. The van der Waals surface area contributed by atoms with Crippen LogP contribution in [-0.2, 0) is 4.74 Å². The molecule has 1 aliphatic rings. The highest BCUT2D eigenvalue weighted by atomic mass is 19.4. The van der Waals surface area contributed by atoms with Crippen LogP contribution >= 0.6 is 0 Å². The molecule has 0 spiro atoms. The Morgan fingerprint density at radius 2 is 1.97 bits per heavy atom. The van der Waals surface area contributed by atoms with Gasteiger partial charge in [-0.05, 0) is 42.5 Å². The molecule has 0 saturated carbocycles. The van der Waals surface area contributed by atoms with Crippen LogP contribution in [0.2, 0.25) is 0 Å². The lowest BCUT2D eigenvalue weighted by Gasteiger charge is -2.16. The van der Waals surface area contributed by atoms with Crippen molar-refractivity contribution in [2.75, 3.05) is 13.2 Å². The Morgan fingerprint density at radius 1 is 1.21 bits per heavy atom. The van der Waals surface area contributed by atoms with Crippen LogP contribution in [0.25, 0.3) is 16.9 Å². The highest BCUT2D eigenvalue weighted by Gasteiger charge is 2.31. The lowest BCUT2D eigenvalue weighted by Crippen LogP contribution is -2.44. The van der Waals surface area contributed by atoms with Gasteiger partial charge in [-0.1, -0.05) is 0 Å². The van der Waals surface area contributed by atoms with Gasteiger partial charge in [0.2, 0.25) is 0 Å². The first kappa shape index (κ1) is 22.4. The van der Waals surface area contributed by atoms with Crippen LogP contribution in [0, 0.1) is 0 Å². The minimum atomic E-state index is -4.84. The summed E-state index contributed by atoms with van der Waals surface area (Å²) < 4.78 is 47.3. The first-order valence-corrected chi connectivity index (χ1v) is 9.69. The normalized spacial score (nSPS) is 18.2. The molecule has 1 amide bonds. The van der Waals surface area contributed by atoms with E-state index < -0.39 is 35.7 Å². The zero-order chi connectivity index (χ0) is 23.6. The highest BCUT2D eigenvalue weighted by molar-refractivity contribution is 5.95. The molecular weight excluding hydrogens is 445 g/mol. The quantitative estimate of drug-likeness (QED) is 0.593. The molecule has 4 rings (SSSR count). The number of aliphatic hydroxyl groups excluding tert-OH is 1. The van der Waals surface area contributed by atoms with Gasteiger partial charge >= 0.3 is 6.36 Å². The molecule has 9 nitrogen and oxygen atoms in total. The highest BCUT2D eigenvalue weighted by Crippen LogP contribution is 2.26. The molecule has 2 atom stereocenters. The fourth-order valence-electron chi connectivity index (χ4n) is 3.21. The Labute approximate surface area is 184 Å². The number of aliphatic hydroxyl groups is 1. The molecule has 0 radical (unpaired) electrons. The number of hydrogen-bond donors (Lipinski definition) is 2. The van der Waals surface area contributed by atoms with Crippen LogP contribution in [0.5, 0.6) is 5.75 Å². The van der Waals surface area contributed by atoms with E-state index in [1.165, 1.54) is 30.6 Å². The summed E-state index contributed by atoms with van der Waals surface area (Å²) in [5, 5.41) is 16.7. The number of alkyl halides is 3. The molecule has 1 fully saturated rings. The monoisotopic (exact) mass is 462 g/mol. The number of amides is 1. The van der Waals surface area contributed by atoms with Gasteiger partial charge in [-0.25, -0.2) is 0 Å². The fourth-order valence-corrected chi connectivity index (χ4v) is 3.21. The van der Waals surface area contributed by atoms with Gasteiger partial charge < -0.3 is 19.9 Å². The predicted octanol–water partition coefficient (Wildman–Crippen LogP) is 1.68. The van der Waals surface area contributed by atoms with Gasteiger partial charge in [0.15, 0.2) is 0 Å². The van der Waals surface area contributed by atoms with Crippen molar-refractivity contribution in [3.05, 3.63) is 70.8 Å². The lowest BCUT2D eigenvalue weighted by atomic mass is 10.1. The molecular formula is C21H17F3N4O5. The van der Waals surface area contributed by atoms with Gasteiger partial charge in [0.05, 0.1) is 42.9 Å². The zero-order valence-corrected chi connectivity index (χ0v) is 16.8. The molecule has 1 aromatic carbocycles. The van der Waals surface area contributed by atoms with Crippen molar-refractivity contribution in [2.24, 2.45) is 0 Å². The molecule has 172 valence electrons. The molecule has 33 heavy (non-hydrogen) atoms. The van der Waals surface area contributed by atoms with Crippen molar-refractivity contribution < 1.29 is 32.5 Å². The smallest absolute Gasteiger partial charge is 0.406 e. The number of hydrogen-bond acceptors (Lipinski definition) is 7. The van der Waals surface area contributed by atoms with Gasteiger partial charge in [0, 0.05) is 11.8 Å². The number of nitrogens with zero attached hydrogens (tertiary/aromatic N) is 3. The summed E-state index contributed by atoms with van der Waals surface area (Å²) in [4.78, 5) is 29.8. The number of carbonyl (C=O) groups is 1. The number of nitrogens with one attached hydrogen (secondary N) is 1. The number of halogens is 3. The Morgan fingerprint density at radius 3 is 2.58 bits per heavy atom. The van der Waals surface area contributed by atoms with E-state index in [0.717, 1.165) is 16.8 Å². The van der Waals surface area contributed by atoms with E-state index in [2.05, 4.69) is 20.1 Å². The van der Waals surface area contributed by atoms with Crippen molar-refractivity contribution in [3.63, 3.8) is 0 Å². The summed E-state index contributed by atoms with van der Waals surface area (Å²) >= 11 is 0. The van der Waals surface area contributed by atoms with Crippen LogP contribution < -0.4 is 15.6 Å². The van der Waals surface area contributed by atoms with Crippen LogP contribution in [0.4, 0.5) is 13.2 Å². The first-order chi connectivity index (χ1) is 15.7. The maximum Gasteiger partial charge on any atom is 0.573 e. The number of carbonyl (C=O) groups excluding carboxylic acids is 1. The van der Waals surface area contributed by atoms with E-state index in [4.69, 9.17) is 4.74 Å². The van der Waals surface area contributed by atoms with Crippen LogP contribution in [-0.4, -0.2) is 57.5 Å². The van der Waals surface area contributed by atoms with Crippen molar-refractivity contribution in [1.82, 2.24) is 20.1 Å². The Hall–Kier alpha value is -3.77. The summed E-state index contributed by atoms with van der Waals surface area (Å²) in [6.45, 7) is 0.140. The van der Waals surface area contributed by atoms with E-state index in [1.807, 2.05) is 0 Å². The topological polar surface area (TPSA) is 116 Å². The van der Waals surface area contributed by atoms with Crippen LogP contribution in [0.1, 0.15) is 10.4 Å². The summed E-state index contributed by atoms with van der Waals surface area (Å²) in [6.07, 6.45) is -2.90. The van der Waals surface area contributed by atoms with Gasteiger partial charge in [-0.2, -0.15) is 9.78 Å². The largest absolute Gasteiger partial charge is 0.573 e. The second kappa shape index (κ2) is 9.00. The van der Waals surface area contributed by atoms with E-state index in [-0.39, 0.29) is 30.2 Å². The molecule has 12 heteroatoms. The van der Waals surface area contributed by atoms with Crippen molar-refractivity contribution in [1.29, 1.82) is 0 Å². The van der Waals surface area contributed by atoms with Crippen molar-refractivity contribution in [3.8, 4) is 22.7 Å². The zero-order valence-electron chi connectivity index (χ0n) is 16.8. The third-order valence-electron chi connectivity index (χ3n) is 4.80. The van der Waals surface area contributed by atoms with Gasteiger partial charge in [-0.3, -0.25) is 14.6 Å². The molecule has 3 aromatic rings. The van der Waals surface area contributed by atoms with Gasteiger partial charge in [-0.15, -0.1) is 13.2 Å². The number of benzene rings is 1. The van der Waals surface area contributed by atoms with E-state index in [0.29, 0.717) is 5.56 Å². The third-order valence-corrected chi connectivity index (χ3v) is 4.80. The molecule has 2 N–H and O–H groups in total. The van der Waals surface area contributed by atoms with E-state index in [9.17, 15) is 27.9 Å². The first-order valence-electron chi connectivity index (χ1n) is 9.69. The van der Waals surface area contributed by atoms with E-state index >= 15 is 0 Å². The second-order valence-electron chi connectivity index (χ2n) is 7.13. The predicted molar refractivity (Wildman–Crippen MR) is 108 cm³/mol. The summed E-state index contributed by atoms with van der Waals surface area (Å²) in [5.74, 6) is -1.19. The standard InChI is InChI=1S/C21H17F3N4O5/c22-21(23,24)33-14-5-3-12(4-6-14)16-8-15(19(30)26-17-10-32-11-18(17)29)20(31)28(27-16)13-2-1-7-25-9-13/h1-9,17-18,29H,10-11H2,(H,26,30)/t17-,18-/m1/s1. The molecule has 0 unspecified atom stereocenters. The minimum Gasteiger partial charge on any atom is -0.406 e. The summed E-state index contributed by atoms with van der Waals surface area (Å²) in [6, 6.07) is 8.49. The van der Waals surface area contributed by atoms with Crippen molar-refractivity contribution in [2.45, 2.75) is 18.5 Å². The third kappa shape index (κ3) is 5.18. The van der Waals surface area contributed by atoms with Gasteiger partial charge in [0.1, 0.15) is 11.3 Å². The molecule has 1 saturated heterocycles. The number of rotatable bonds is 5. The average Bonchev–Trinajstić information content (AvgIpc) is 3.18. The second-order valence-corrected chi connectivity index (χ2v) is 7.13. The van der Waals surface area contributed by atoms with Crippen LogP contribution in [0.3, 0.4) is 0 Å². The van der Waals surface area contributed by atoms with Crippen LogP contribution in [0.15, 0.2) is 59.7 Å². The van der Waals surface area contributed by atoms with Gasteiger partial charge in [0.25, 0.3) is 11.5 Å². The maximum absolute atomic E-state index is 13.0. The summed E-state index contributed by atoms with van der Waals surface area (Å²) in [5.41, 5.74) is -0.265. The van der Waals surface area contributed by atoms with E-state index in [1.54, 1.807) is 12.1 Å². The SMILES string of the molecule is O=C(N[C@@H]1COC[C@H]1O)c1cc(-c2ccc(OC(F)(F)F)cc2)nn(-c2cccnc2)c1=O. The molecule has 1 aliphatic heterocycles.